The Morgan fingerprint density at radius 3 is 2.76 bits per heavy atom. The van der Waals surface area contributed by atoms with Gasteiger partial charge in [-0.05, 0) is 58.5 Å². The number of rotatable bonds is 6. The Labute approximate surface area is 132 Å². The van der Waals surface area contributed by atoms with Gasteiger partial charge < -0.3 is 14.6 Å². The maximum Gasteiger partial charge on any atom is 0.328 e. The van der Waals surface area contributed by atoms with Crippen LogP contribution in [0.4, 0.5) is 0 Å². The summed E-state index contributed by atoms with van der Waals surface area (Å²) in [5.74, 6) is 0.920. The van der Waals surface area contributed by atoms with Gasteiger partial charge in [-0.1, -0.05) is 12.8 Å². The zero-order chi connectivity index (χ0) is 15.2. The molecular weight excluding hydrogens is 336 g/mol. The van der Waals surface area contributed by atoms with Crippen molar-refractivity contribution in [1.29, 1.82) is 0 Å². The minimum atomic E-state index is -0.980. The van der Waals surface area contributed by atoms with Gasteiger partial charge in [0.2, 0.25) is 0 Å². The Balaban J connectivity index is 2.14. The molecule has 0 amide bonds. The van der Waals surface area contributed by atoms with Gasteiger partial charge in [-0.2, -0.15) is 0 Å². The van der Waals surface area contributed by atoms with E-state index in [0.29, 0.717) is 24.0 Å². The van der Waals surface area contributed by atoms with Crippen molar-refractivity contribution in [2.75, 3.05) is 13.7 Å². The van der Waals surface area contributed by atoms with Gasteiger partial charge in [0.15, 0.2) is 11.5 Å². The van der Waals surface area contributed by atoms with Crippen LogP contribution in [0.5, 0.6) is 11.5 Å². The lowest BCUT2D eigenvalue weighted by Gasteiger charge is -2.16. The Bertz CT molecular complexity index is 533. The van der Waals surface area contributed by atoms with Gasteiger partial charge in [-0.15, -0.1) is 0 Å². The van der Waals surface area contributed by atoms with Crippen LogP contribution in [0.3, 0.4) is 0 Å². The Hall–Kier alpha value is -1.49. The van der Waals surface area contributed by atoms with Crippen LogP contribution >= 0.6 is 15.9 Å². The number of carbonyl (C=O) groups is 1. The van der Waals surface area contributed by atoms with E-state index in [4.69, 9.17) is 14.6 Å². The minimum Gasteiger partial charge on any atom is -0.493 e. The maximum absolute atomic E-state index is 10.6. The molecule has 1 aromatic carbocycles. The second-order valence-electron chi connectivity index (χ2n) is 5.17. The van der Waals surface area contributed by atoms with Crippen LogP contribution in [0.25, 0.3) is 6.08 Å². The fraction of sp³-hybridized carbons (Fsp3) is 0.438. The van der Waals surface area contributed by atoms with Crippen LogP contribution < -0.4 is 9.47 Å². The van der Waals surface area contributed by atoms with Crippen molar-refractivity contribution < 1.29 is 19.4 Å². The van der Waals surface area contributed by atoms with Crippen molar-refractivity contribution in [1.82, 2.24) is 0 Å². The van der Waals surface area contributed by atoms with Crippen molar-refractivity contribution in [2.45, 2.75) is 25.7 Å². The van der Waals surface area contributed by atoms with E-state index in [2.05, 4.69) is 15.9 Å². The summed E-state index contributed by atoms with van der Waals surface area (Å²) >= 11 is 3.47. The number of benzene rings is 1. The van der Waals surface area contributed by atoms with Crippen molar-refractivity contribution in [3.05, 3.63) is 28.2 Å². The number of carboxylic acid groups (broad SMARTS) is 1. The molecule has 1 N–H and O–H groups in total. The monoisotopic (exact) mass is 354 g/mol. The molecule has 0 bridgehead atoms. The molecule has 2 rings (SSSR count). The predicted molar refractivity (Wildman–Crippen MR) is 84.8 cm³/mol. The number of carboxylic acids is 1. The first-order valence-corrected chi connectivity index (χ1v) is 7.81. The summed E-state index contributed by atoms with van der Waals surface area (Å²) in [6, 6.07) is 3.60. The third-order valence-corrected chi connectivity index (χ3v) is 4.20. The van der Waals surface area contributed by atoms with Gasteiger partial charge in [-0.3, -0.25) is 0 Å². The zero-order valence-electron chi connectivity index (χ0n) is 12.0. The average molecular weight is 355 g/mol. The number of aliphatic carboxylic acids is 1. The van der Waals surface area contributed by atoms with Crippen LogP contribution in [-0.4, -0.2) is 24.8 Å². The van der Waals surface area contributed by atoms with Crippen molar-refractivity contribution in [2.24, 2.45) is 5.92 Å². The van der Waals surface area contributed by atoms with E-state index >= 15 is 0 Å². The zero-order valence-corrected chi connectivity index (χ0v) is 13.6. The van der Waals surface area contributed by atoms with Gasteiger partial charge >= 0.3 is 5.97 Å². The minimum absolute atomic E-state index is 0.604. The third-order valence-electron chi connectivity index (χ3n) is 3.61. The second-order valence-corrected chi connectivity index (χ2v) is 6.02. The van der Waals surface area contributed by atoms with E-state index in [-0.39, 0.29) is 0 Å². The van der Waals surface area contributed by atoms with Gasteiger partial charge in [0.1, 0.15) is 0 Å². The maximum atomic E-state index is 10.6. The molecule has 114 valence electrons. The summed E-state index contributed by atoms with van der Waals surface area (Å²) < 4.78 is 12.0. The fourth-order valence-corrected chi connectivity index (χ4v) is 3.10. The first-order chi connectivity index (χ1) is 10.1. The molecule has 0 saturated heterocycles. The van der Waals surface area contributed by atoms with E-state index in [9.17, 15) is 4.79 Å². The van der Waals surface area contributed by atoms with Gasteiger partial charge in [0.25, 0.3) is 0 Å². The molecule has 0 aromatic heterocycles. The van der Waals surface area contributed by atoms with Crippen molar-refractivity contribution >= 4 is 28.0 Å². The van der Waals surface area contributed by atoms with E-state index < -0.39 is 5.97 Å². The highest BCUT2D eigenvalue weighted by atomic mass is 79.9. The molecule has 0 spiro atoms. The highest BCUT2D eigenvalue weighted by molar-refractivity contribution is 9.10. The highest BCUT2D eigenvalue weighted by Crippen LogP contribution is 2.38. The van der Waals surface area contributed by atoms with Crippen LogP contribution in [0, 0.1) is 5.92 Å². The molecule has 1 aromatic rings. The summed E-state index contributed by atoms with van der Waals surface area (Å²) in [6.45, 7) is 0.694. The number of hydrogen-bond donors (Lipinski definition) is 1. The molecule has 0 aliphatic heterocycles. The Morgan fingerprint density at radius 1 is 1.43 bits per heavy atom. The number of halogens is 1. The SMILES string of the molecule is COc1cc(C=CC(=O)O)cc(Br)c1OCC1CCCC1. The van der Waals surface area contributed by atoms with Crippen LogP contribution in [0.15, 0.2) is 22.7 Å². The summed E-state index contributed by atoms with van der Waals surface area (Å²) in [7, 11) is 1.58. The van der Waals surface area contributed by atoms with Gasteiger partial charge in [0.05, 0.1) is 18.2 Å². The second kappa shape index (κ2) is 7.50. The molecule has 1 aliphatic carbocycles. The van der Waals surface area contributed by atoms with E-state index in [0.717, 1.165) is 16.1 Å². The standard InChI is InChI=1S/C16H19BrO4/c1-20-14-9-12(6-7-15(18)19)8-13(17)16(14)21-10-11-4-2-3-5-11/h6-9,11H,2-5,10H2,1H3,(H,18,19). The third kappa shape index (κ3) is 4.49. The summed E-state index contributed by atoms with van der Waals surface area (Å²) in [5, 5.41) is 8.68. The smallest absolute Gasteiger partial charge is 0.328 e. The fourth-order valence-electron chi connectivity index (χ4n) is 2.52. The highest BCUT2D eigenvalue weighted by Gasteiger charge is 2.18. The van der Waals surface area contributed by atoms with E-state index in [1.54, 1.807) is 13.2 Å². The Kier molecular flexibility index (Phi) is 5.67. The van der Waals surface area contributed by atoms with Crippen LogP contribution in [0.2, 0.25) is 0 Å². The molecule has 1 fully saturated rings. The largest absolute Gasteiger partial charge is 0.493 e. The van der Waals surface area contributed by atoms with Crippen LogP contribution in [-0.2, 0) is 4.79 Å². The molecular formula is C16H19BrO4. The summed E-state index contributed by atoms with van der Waals surface area (Å²) in [6.07, 6.45) is 7.63. The molecule has 0 radical (unpaired) electrons. The Morgan fingerprint density at radius 2 is 2.14 bits per heavy atom. The van der Waals surface area contributed by atoms with Gasteiger partial charge in [0, 0.05) is 6.08 Å². The lowest BCUT2D eigenvalue weighted by atomic mass is 10.1. The number of hydrogen-bond acceptors (Lipinski definition) is 3. The first-order valence-electron chi connectivity index (χ1n) is 7.01. The topological polar surface area (TPSA) is 55.8 Å². The molecule has 5 heteroatoms. The molecule has 0 atom stereocenters. The predicted octanol–water partition coefficient (Wildman–Crippen LogP) is 4.12. The van der Waals surface area contributed by atoms with E-state index in [1.807, 2.05) is 6.07 Å². The van der Waals surface area contributed by atoms with Crippen LogP contribution in [0.1, 0.15) is 31.2 Å². The van der Waals surface area contributed by atoms with Gasteiger partial charge in [-0.25, -0.2) is 4.79 Å². The molecule has 0 heterocycles. The van der Waals surface area contributed by atoms with Crippen molar-refractivity contribution in [3.8, 4) is 11.5 Å². The first kappa shape index (κ1) is 15.9. The molecule has 21 heavy (non-hydrogen) atoms. The normalized spacial score (nSPS) is 15.5. The van der Waals surface area contributed by atoms with E-state index in [1.165, 1.54) is 31.8 Å². The summed E-state index contributed by atoms with van der Waals surface area (Å²) in [5.41, 5.74) is 0.745. The van der Waals surface area contributed by atoms with Crippen molar-refractivity contribution in [3.63, 3.8) is 0 Å². The molecule has 4 nitrogen and oxygen atoms in total. The summed E-state index contributed by atoms with van der Waals surface area (Å²) in [4.78, 5) is 10.6. The quantitative estimate of drug-likeness (QED) is 0.780. The lowest BCUT2D eigenvalue weighted by Crippen LogP contribution is -2.09. The lowest BCUT2D eigenvalue weighted by molar-refractivity contribution is -0.131. The number of methoxy groups -OCH3 is 1. The molecule has 1 saturated carbocycles. The molecule has 0 unspecified atom stereocenters. The molecule has 1 aliphatic rings. The number of ether oxygens (including phenoxy) is 2. The average Bonchev–Trinajstić information content (AvgIpc) is 2.96.